The Balaban J connectivity index is 1.98. The number of likely N-dealkylation sites (N-methyl/N-ethyl adjacent to an activating group) is 1. The van der Waals surface area contributed by atoms with Crippen molar-refractivity contribution in [3.05, 3.63) is 71.8 Å². The molecule has 1 saturated heterocycles. The standard InChI is InChI=1S/C28H34N2O5/c1-4-11-25-19(2)24(31)18-26(32)29-22(16-20-12-7-5-8-13-20)27(33)30(3)23(28(34)35-25)17-21-14-9-6-10-15-21/h5-10,12-15,19,22-23,25H,4,11,16-18H2,1-3H3,(H,29,32)/t19-,22+,23+,25?/m1/s1. The van der Waals surface area contributed by atoms with E-state index in [9.17, 15) is 19.2 Å². The molecular formula is C28H34N2O5. The van der Waals surface area contributed by atoms with Crippen molar-refractivity contribution in [1.29, 1.82) is 0 Å². The number of amides is 2. The monoisotopic (exact) mass is 478 g/mol. The Bertz CT molecular complexity index is 1020. The topological polar surface area (TPSA) is 92.8 Å². The van der Waals surface area contributed by atoms with Crippen LogP contribution in [0.1, 0.15) is 44.2 Å². The second kappa shape index (κ2) is 12.3. The third-order valence-electron chi connectivity index (χ3n) is 6.52. The lowest BCUT2D eigenvalue weighted by Gasteiger charge is -2.33. The molecular weight excluding hydrogens is 444 g/mol. The van der Waals surface area contributed by atoms with E-state index in [4.69, 9.17) is 4.74 Å². The number of carbonyl (C=O) groups is 4. The average Bonchev–Trinajstić information content (AvgIpc) is 2.86. The first-order valence-electron chi connectivity index (χ1n) is 12.2. The van der Waals surface area contributed by atoms with Gasteiger partial charge >= 0.3 is 5.97 Å². The molecule has 2 amide bonds. The number of hydrogen-bond acceptors (Lipinski definition) is 5. The van der Waals surface area contributed by atoms with Gasteiger partial charge in [-0.05, 0) is 17.5 Å². The van der Waals surface area contributed by atoms with Gasteiger partial charge in [-0.15, -0.1) is 0 Å². The maximum absolute atomic E-state index is 13.6. The molecule has 1 aliphatic heterocycles. The van der Waals surface area contributed by atoms with Crippen LogP contribution in [-0.4, -0.2) is 53.7 Å². The van der Waals surface area contributed by atoms with Crippen molar-refractivity contribution < 1.29 is 23.9 Å². The number of ether oxygens (including phenoxy) is 1. The highest BCUT2D eigenvalue weighted by Crippen LogP contribution is 2.21. The molecule has 1 fully saturated rings. The van der Waals surface area contributed by atoms with E-state index in [0.29, 0.717) is 12.8 Å². The molecule has 186 valence electrons. The fourth-order valence-corrected chi connectivity index (χ4v) is 4.36. The van der Waals surface area contributed by atoms with Crippen molar-refractivity contribution in [3.63, 3.8) is 0 Å². The van der Waals surface area contributed by atoms with Gasteiger partial charge in [0.1, 0.15) is 24.0 Å². The Morgan fingerprint density at radius 3 is 2.06 bits per heavy atom. The number of Topliss-reactive ketones (excluding diaryl/α,β-unsaturated/α-hetero) is 1. The molecule has 2 aromatic rings. The molecule has 1 aliphatic rings. The third-order valence-corrected chi connectivity index (χ3v) is 6.52. The number of hydrogen-bond donors (Lipinski definition) is 1. The predicted octanol–water partition coefficient (Wildman–Crippen LogP) is 3.10. The molecule has 7 nitrogen and oxygen atoms in total. The summed E-state index contributed by atoms with van der Waals surface area (Å²) in [5.41, 5.74) is 1.73. The van der Waals surface area contributed by atoms with Crippen LogP contribution in [0.25, 0.3) is 0 Å². The molecule has 35 heavy (non-hydrogen) atoms. The molecule has 3 rings (SSSR count). The van der Waals surface area contributed by atoms with E-state index < -0.39 is 41.9 Å². The zero-order valence-electron chi connectivity index (χ0n) is 20.6. The minimum atomic E-state index is -0.921. The Labute approximate surface area is 206 Å². The van der Waals surface area contributed by atoms with Gasteiger partial charge in [-0.1, -0.05) is 80.9 Å². The first kappa shape index (κ1) is 26.1. The van der Waals surface area contributed by atoms with Gasteiger partial charge in [0, 0.05) is 19.9 Å². The average molecular weight is 479 g/mol. The summed E-state index contributed by atoms with van der Waals surface area (Å²) in [4.78, 5) is 54.1. The molecule has 0 spiro atoms. The SMILES string of the molecule is CCCC1OC(=O)[C@H](Cc2ccccc2)N(C)C(=O)[C@H](Cc2ccccc2)NC(=O)CC(=O)[C@H]1C. The van der Waals surface area contributed by atoms with Gasteiger partial charge in [0.25, 0.3) is 0 Å². The van der Waals surface area contributed by atoms with Crippen LogP contribution in [0.15, 0.2) is 60.7 Å². The minimum Gasteiger partial charge on any atom is -0.460 e. The summed E-state index contributed by atoms with van der Waals surface area (Å²) in [5, 5.41) is 2.76. The van der Waals surface area contributed by atoms with Crippen molar-refractivity contribution >= 4 is 23.6 Å². The summed E-state index contributed by atoms with van der Waals surface area (Å²) in [6.45, 7) is 3.64. The number of cyclic esters (lactones) is 1. The van der Waals surface area contributed by atoms with E-state index in [2.05, 4.69) is 5.32 Å². The van der Waals surface area contributed by atoms with Crippen LogP contribution < -0.4 is 5.32 Å². The van der Waals surface area contributed by atoms with Gasteiger partial charge in [-0.25, -0.2) is 4.79 Å². The van der Waals surface area contributed by atoms with Crippen LogP contribution in [0.3, 0.4) is 0 Å². The summed E-state index contributed by atoms with van der Waals surface area (Å²) < 4.78 is 5.85. The Morgan fingerprint density at radius 2 is 1.49 bits per heavy atom. The molecule has 2 aromatic carbocycles. The van der Waals surface area contributed by atoms with Gasteiger partial charge in [0.2, 0.25) is 11.8 Å². The number of esters is 1. The van der Waals surface area contributed by atoms with Crippen molar-refractivity contribution in [3.8, 4) is 0 Å². The van der Waals surface area contributed by atoms with Crippen molar-refractivity contribution in [2.75, 3.05) is 7.05 Å². The maximum atomic E-state index is 13.6. The summed E-state index contributed by atoms with van der Waals surface area (Å²) in [5.74, 6) is -2.41. The predicted molar refractivity (Wildman–Crippen MR) is 132 cm³/mol. The van der Waals surface area contributed by atoms with E-state index in [1.165, 1.54) is 4.90 Å². The minimum absolute atomic E-state index is 0.241. The largest absolute Gasteiger partial charge is 0.460 e. The molecule has 0 aromatic heterocycles. The maximum Gasteiger partial charge on any atom is 0.329 e. The second-order valence-electron chi connectivity index (χ2n) is 9.16. The summed E-state index contributed by atoms with van der Waals surface area (Å²) >= 11 is 0. The van der Waals surface area contributed by atoms with Gasteiger partial charge in [0.05, 0.1) is 12.3 Å². The summed E-state index contributed by atoms with van der Waals surface area (Å²) in [7, 11) is 1.57. The molecule has 0 bridgehead atoms. The lowest BCUT2D eigenvalue weighted by atomic mass is 9.93. The van der Waals surface area contributed by atoms with Crippen LogP contribution in [0.4, 0.5) is 0 Å². The van der Waals surface area contributed by atoms with Crippen LogP contribution in [0.5, 0.6) is 0 Å². The Kier molecular flexibility index (Phi) is 9.18. The van der Waals surface area contributed by atoms with Crippen molar-refractivity contribution in [2.45, 2.75) is 64.1 Å². The van der Waals surface area contributed by atoms with E-state index in [1.807, 2.05) is 67.6 Å². The fraction of sp³-hybridized carbons (Fsp3) is 0.429. The van der Waals surface area contributed by atoms with Crippen LogP contribution in [0.2, 0.25) is 0 Å². The number of nitrogens with zero attached hydrogens (tertiary/aromatic N) is 1. The molecule has 1 N–H and O–H groups in total. The number of ketones is 1. The van der Waals surface area contributed by atoms with E-state index >= 15 is 0 Å². The molecule has 0 radical (unpaired) electrons. The normalized spacial score (nSPS) is 24.3. The number of rotatable bonds is 6. The molecule has 4 atom stereocenters. The smallest absolute Gasteiger partial charge is 0.329 e. The van der Waals surface area contributed by atoms with Crippen molar-refractivity contribution in [2.24, 2.45) is 5.92 Å². The van der Waals surface area contributed by atoms with E-state index in [-0.39, 0.29) is 25.0 Å². The quantitative estimate of drug-likeness (QED) is 0.509. The lowest BCUT2D eigenvalue weighted by Crippen LogP contribution is -2.55. The molecule has 0 aliphatic carbocycles. The van der Waals surface area contributed by atoms with Gasteiger partial charge in [-0.2, -0.15) is 0 Å². The molecule has 7 heteroatoms. The summed E-state index contributed by atoms with van der Waals surface area (Å²) in [6, 6.07) is 16.9. The van der Waals surface area contributed by atoms with Crippen LogP contribution in [-0.2, 0) is 36.8 Å². The van der Waals surface area contributed by atoms with Gasteiger partial charge in [0.15, 0.2) is 0 Å². The zero-order chi connectivity index (χ0) is 25.4. The molecule has 1 heterocycles. The number of carbonyl (C=O) groups excluding carboxylic acids is 4. The lowest BCUT2D eigenvalue weighted by molar-refractivity contribution is -0.163. The van der Waals surface area contributed by atoms with Crippen molar-refractivity contribution in [1.82, 2.24) is 10.2 Å². The number of nitrogens with one attached hydrogen (secondary N) is 1. The zero-order valence-corrected chi connectivity index (χ0v) is 20.6. The van der Waals surface area contributed by atoms with Crippen LogP contribution >= 0.6 is 0 Å². The summed E-state index contributed by atoms with van der Waals surface area (Å²) in [6.07, 6.45) is 0.676. The Hall–Kier alpha value is -3.48. The first-order chi connectivity index (χ1) is 16.8. The van der Waals surface area contributed by atoms with E-state index in [0.717, 1.165) is 11.1 Å². The van der Waals surface area contributed by atoms with E-state index in [1.54, 1.807) is 14.0 Å². The Morgan fingerprint density at radius 1 is 0.914 bits per heavy atom. The van der Waals surface area contributed by atoms with Gasteiger partial charge in [-0.3, -0.25) is 14.4 Å². The molecule has 0 saturated carbocycles. The highest BCUT2D eigenvalue weighted by atomic mass is 16.5. The van der Waals surface area contributed by atoms with Crippen LogP contribution in [0, 0.1) is 5.92 Å². The fourth-order valence-electron chi connectivity index (χ4n) is 4.36. The van der Waals surface area contributed by atoms with Gasteiger partial charge < -0.3 is 15.0 Å². The second-order valence-corrected chi connectivity index (χ2v) is 9.16. The molecule has 1 unspecified atom stereocenters. The highest BCUT2D eigenvalue weighted by molar-refractivity contribution is 6.01. The first-order valence-corrected chi connectivity index (χ1v) is 12.2. The highest BCUT2D eigenvalue weighted by Gasteiger charge is 2.37. The number of benzene rings is 2. The third kappa shape index (κ3) is 7.01.